The normalized spacial score (nSPS) is 24.2. The topological polar surface area (TPSA) is 66.4 Å². The standard InChI is InChI=1S/C19H34N4O3/c1-2-20-19(21-8-4-13-25-15-16-6-7-16)23-11-9-22(10-12-23)18(24)17-5-3-14-26-17/h16-17H,2-15H2,1H3,(H,20,21). The second-order valence-corrected chi connectivity index (χ2v) is 7.42. The van der Waals surface area contributed by atoms with Gasteiger partial charge in [-0.2, -0.15) is 0 Å². The third-order valence-corrected chi connectivity index (χ3v) is 5.19. The number of hydrogen-bond acceptors (Lipinski definition) is 4. The van der Waals surface area contributed by atoms with E-state index in [1.165, 1.54) is 12.8 Å². The summed E-state index contributed by atoms with van der Waals surface area (Å²) in [4.78, 5) is 21.4. The molecule has 1 saturated carbocycles. The first kappa shape index (κ1) is 19.4. The molecule has 0 aromatic carbocycles. The van der Waals surface area contributed by atoms with Gasteiger partial charge in [-0.3, -0.25) is 9.79 Å². The third kappa shape index (κ3) is 5.84. The zero-order valence-electron chi connectivity index (χ0n) is 16.1. The number of carbonyl (C=O) groups is 1. The van der Waals surface area contributed by atoms with E-state index in [9.17, 15) is 4.79 Å². The molecule has 3 rings (SSSR count). The Hall–Kier alpha value is -1.34. The Morgan fingerprint density at radius 3 is 2.62 bits per heavy atom. The van der Waals surface area contributed by atoms with Crippen molar-refractivity contribution in [2.75, 3.05) is 59.1 Å². The summed E-state index contributed by atoms with van der Waals surface area (Å²) in [6.07, 6.45) is 5.29. The summed E-state index contributed by atoms with van der Waals surface area (Å²) >= 11 is 0. The molecule has 3 aliphatic rings. The molecule has 0 aromatic rings. The highest BCUT2D eigenvalue weighted by molar-refractivity contribution is 5.82. The Morgan fingerprint density at radius 2 is 1.96 bits per heavy atom. The number of carbonyl (C=O) groups excluding carboxylic acids is 1. The summed E-state index contributed by atoms with van der Waals surface area (Å²) in [7, 11) is 0. The summed E-state index contributed by atoms with van der Waals surface area (Å²) in [6.45, 7) is 9.29. The van der Waals surface area contributed by atoms with Crippen molar-refractivity contribution >= 4 is 11.9 Å². The van der Waals surface area contributed by atoms with E-state index in [2.05, 4.69) is 17.1 Å². The molecule has 1 atom stereocenters. The largest absolute Gasteiger partial charge is 0.381 e. The zero-order chi connectivity index (χ0) is 18.2. The van der Waals surface area contributed by atoms with Gasteiger partial charge < -0.3 is 24.6 Å². The molecule has 0 spiro atoms. The van der Waals surface area contributed by atoms with Crippen LogP contribution in [0, 0.1) is 5.92 Å². The summed E-state index contributed by atoms with van der Waals surface area (Å²) in [5.41, 5.74) is 0. The van der Waals surface area contributed by atoms with E-state index in [0.717, 1.165) is 90.2 Å². The van der Waals surface area contributed by atoms with Crippen molar-refractivity contribution in [1.29, 1.82) is 0 Å². The van der Waals surface area contributed by atoms with Gasteiger partial charge in [-0.1, -0.05) is 0 Å². The number of nitrogens with one attached hydrogen (secondary N) is 1. The van der Waals surface area contributed by atoms with Crippen LogP contribution in [-0.4, -0.2) is 86.9 Å². The van der Waals surface area contributed by atoms with Crippen LogP contribution in [0.2, 0.25) is 0 Å². The van der Waals surface area contributed by atoms with Gasteiger partial charge in [0.25, 0.3) is 5.91 Å². The highest BCUT2D eigenvalue weighted by Gasteiger charge is 2.30. The van der Waals surface area contributed by atoms with Crippen LogP contribution >= 0.6 is 0 Å². The highest BCUT2D eigenvalue weighted by atomic mass is 16.5. The molecule has 2 aliphatic heterocycles. The Morgan fingerprint density at radius 1 is 1.19 bits per heavy atom. The predicted octanol–water partition coefficient (Wildman–Crippen LogP) is 1.09. The minimum atomic E-state index is -0.209. The van der Waals surface area contributed by atoms with Gasteiger partial charge in [0.2, 0.25) is 0 Å². The van der Waals surface area contributed by atoms with Crippen molar-refractivity contribution in [3.8, 4) is 0 Å². The number of piperazine rings is 1. The van der Waals surface area contributed by atoms with Crippen molar-refractivity contribution in [2.45, 2.75) is 45.1 Å². The lowest BCUT2D eigenvalue weighted by molar-refractivity contribution is -0.142. The van der Waals surface area contributed by atoms with Crippen molar-refractivity contribution in [1.82, 2.24) is 15.1 Å². The number of guanidine groups is 1. The van der Waals surface area contributed by atoms with Gasteiger partial charge in [-0.05, 0) is 44.9 Å². The highest BCUT2D eigenvalue weighted by Crippen LogP contribution is 2.28. The van der Waals surface area contributed by atoms with Crippen LogP contribution in [0.25, 0.3) is 0 Å². The van der Waals surface area contributed by atoms with Crippen LogP contribution in [0.1, 0.15) is 39.0 Å². The number of amides is 1. The molecule has 2 heterocycles. The maximum Gasteiger partial charge on any atom is 0.251 e. The van der Waals surface area contributed by atoms with Crippen LogP contribution in [0.3, 0.4) is 0 Å². The molecule has 0 aromatic heterocycles. The van der Waals surface area contributed by atoms with E-state index < -0.39 is 0 Å². The van der Waals surface area contributed by atoms with E-state index in [4.69, 9.17) is 14.5 Å². The van der Waals surface area contributed by atoms with Crippen molar-refractivity contribution in [3.05, 3.63) is 0 Å². The van der Waals surface area contributed by atoms with Crippen LogP contribution in [-0.2, 0) is 14.3 Å². The molecule has 0 bridgehead atoms. The molecule has 3 fully saturated rings. The van der Waals surface area contributed by atoms with Crippen LogP contribution in [0.15, 0.2) is 4.99 Å². The third-order valence-electron chi connectivity index (χ3n) is 5.19. The first-order valence-electron chi connectivity index (χ1n) is 10.3. The van der Waals surface area contributed by atoms with Gasteiger partial charge in [0.1, 0.15) is 6.10 Å². The van der Waals surface area contributed by atoms with Crippen LogP contribution in [0.5, 0.6) is 0 Å². The van der Waals surface area contributed by atoms with Gasteiger partial charge in [0.05, 0.1) is 0 Å². The quantitative estimate of drug-likeness (QED) is 0.396. The molecule has 2 saturated heterocycles. The molecular weight excluding hydrogens is 332 g/mol. The van der Waals surface area contributed by atoms with E-state index in [0.29, 0.717) is 0 Å². The number of nitrogens with zero attached hydrogens (tertiary/aromatic N) is 3. The maximum atomic E-state index is 12.4. The molecular formula is C19H34N4O3. The number of ether oxygens (including phenoxy) is 2. The lowest BCUT2D eigenvalue weighted by Crippen LogP contribution is -2.55. The van der Waals surface area contributed by atoms with Crippen molar-refractivity contribution in [2.24, 2.45) is 10.9 Å². The predicted molar refractivity (Wildman–Crippen MR) is 101 cm³/mol. The summed E-state index contributed by atoms with van der Waals surface area (Å²) in [6, 6.07) is 0. The monoisotopic (exact) mass is 366 g/mol. The van der Waals surface area contributed by atoms with Crippen LogP contribution in [0.4, 0.5) is 0 Å². The molecule has 1 aliphatic carbocycles. The van der Waals surface area contributed by atoms with Crippen molar-refractivity contribution in [3.63, 3.8) is 0 Å². The summed E-state index contributed by atoms with van der Waals surface area (Å²) in [5.74, 6) is 1.94. The molecule has 1 unspecified atom stereocenters. The average Bonchev–Trinajstić information content (AvgIpc) is 3.33. The fourth-order valence-corrected chi connectivity index (χ4v) is 3.43. The van der Waals surface area contributed by atoms with Gasteiger partial charge >= 0.3 is 0 Å². The summed E-state index contributed by atoms with van der Waals surface area (Å²) < 4.78 is 11.2. The molecule has 7 nitrogen and oxygen atoms in total. The Balaban J connectivity index is 1.38. The second-order valence-electron chi connectivity index (χ2n) is 7.42. The Bertz CT molecular complexity index is 467. The van der Waals surface area contributed by atoms with E-state index in [-0.39, 0.29) is 12.0 Å². The number of rotatable bonds is 8. The molecule has 1 amide bonds. The molecule has 148 valence electrons. The molecule has 1 N–H and O–H groups in total. The average molecular weight is 367 g/mol. The molecule has 0 radical (unpaired) electrons. The first-order chi connectivity index (χ1) is 12.8. The smallest absolute Gasteiger partial charge is 0.251 e. The first-order valence-corrected chi connectivity index (χ1v) is 10.3. The number of hydrogen-bond donors (Lipinski definition) is 1. The molecule has 26 heavy (non-hydrogen) atoms. The fourth-order valence-electron chi connectivity index (χ4n) is 3.43. The Labute approximate surface area is 157 Å². The van der Waals surface area contributed by atoms with Gasteiger partial charge in [-0.25, -0.2) is 0 Å². The zero-order valence-corrected chi connectivity index (χ0v) is 16.1. The summed E-state index contributed by atoms with van der Waals surface area (Å²) in [5, 5.41) is 3.38. The second kappa shape index (κ2) is 10.1. The fraction of sp³-hybridized carbons (Fsp3) is 0.895. The lowest BCUT2D eigenvalue weighted by Gasteiger charge is -2.37. The van der Waals surface area contributed by atoms with Gasteiger partial charge in [-0.15, -0.1) is 0 Å². The lowest BCUT2D eigenvalue weighted by atomic mass is 10.2. The SMILES string of the molecule is CCNC(=NCCCOCC1CC1)N1CCN(C(=O)C2CCCO2)CC1. The van der Waals surface area contributed by atoms with Gasteiger partial charge in [0.15, 0.2) is 5.96 Å². The minimum absolute atomic E-state index is 0.164. The molecule has 7 heteroatoms. The van der Waals surface area contributed by atoms with Crippen LogP contribution < -0.4 is 5.32 Å². The van der Waals surface area contributed by atoms with E-state index in [1.54, 1.807) is 0 Å². The maximum absolute atomic E-state index is 12.4. The van der Waals surface area contributed by atoms with E-state index >= 15 is 0 Å². The Kier molecular flexibility index (Phi) is 7.55. The van der Waals surface area contributed by atoms with Crippen molar-refractivity contribution < 1.29 is 14.3 Å². The minimum Gasteiger partial charge on any atom is -0.381 e. The van der Waals surface area contributed by atoms with Gasteiger partial charge in [0, 0.05) is 59.1 Å². The van der Waals surface area contributed by atoms with E-state index in [1.807, 2.05) is 4.90 Å². The number of aliphatic imine (C=N–C) groups is 1.